The Labute approximate surface area is 85.0 Å². The standard InChI is InChI=1S/C6H13O8P/c7-2-1-3(8)5(10)6(4(2)9)14-15(11,12)13/h2-10H,1H2,(H2,11,12,13)/p-2/t2-,3+,4-,5-,6?/m0/s1. The molecule has 1 aliphatic rings. The van der Waals surface area contributed by atoms with E-state index in [1.165, 1.54) is 0 Å². The van der Waals surface area contributed by atoms with Crippen molar-refractivity contribution >= 4 is 7.82 Å². The molecule has 1 rings (SSSR count). The molecule has 0 spiro atoms. The van der Waals surface area contributed by atoms with E-state index in [1.807, 2.05) is 0 Å². The van der Waals surface area contributed by atoms with Gasteiger partial charge in [-0.1, -0.05) is 0 Å². The fraction of sp³-hybridized carbons (Fsp3) is 1.00. The molecule has 0 aromatic carbocycles. The summed E-state index contributed by atoms with van der Waals surface area (Å²) in [5.74, 6) is 0. The minimum absolute atomic E-state index is 0.329. The van der Waals surface area contributed by atoms with Gasteiger partial charge in [0.1, 0.15) is 18.3 Å². The average molecular weight is 242 g/mol. The Morgan fingerprint density at radius 1 is 1.07 bits per heavy atom. The molecule has 90 valence electrons. The minimum atomic E-state index is -5.40. The number of phosphoric acid groups is 1. The van der Waals surface area contributed by atoms with Gasteiger partial charge in [-0.3, -0.25) is 0 Å². The van der Waals surface area contributed by atoms with Crippen LogP contribution in [0.5, 0.6) is 0 Å². The van der Waals surface area contributed by atoms with Gasteiger partial charge in [-0.2, -0.15) is 0 Å². The highest BCUT2D eigenvalue weighted by molar-refractivity contribution is 7.43. The van der Waals surface area contributed by atoms with Gasteiger partial charge >= 0.3 is 0 Å². The molecule has 1 fully saturated rings. The fourth-order valence-corrected chi connectivity index (χ4v) is 1.99. The zero-order valence-electron chi connectivity index (χ0n) is 7.46. The molecule has 0 heterocycles. The van der Waals surface area contributed by atoms with Crippen LogP contribution in [0, 0.1) is 0 Å². The Hall–Kier alpha value is -0.0500. The normalized spacial score (nSPS) is 42.9. The van der Waals surface area contributed by atoms with Gasteiger partial charge in [0.05, 0.1) is 20.0 Å². The van der Waals surface area contributed by atoms with Gasteiger partial charge in [-0.15, -0.1) is 0 Å². The third-order valence-corrected chi connectivity index (χ3v) is 2.70. The Balaban J connectivity index is 2.78. The molecule has 5 atom stereocenters. The van der Waals surface area contributed by atoms with Crippen LogP contribution in [0.2, 0.25) is 0 Å². The zero-order valence-corrected chi connectivity index (χ0v) is 8.36. The topological polar surface area (TPSA) is 153 Å². The molecule has 1 aliphatic carbocycles. The van der Waals surface area contributed by atoms with Crippen molar-refractivity contribution in [3.8, 4) is 0 Å². The molecular weight excluding hydrogens is 231 g/mol. The first kappa shape index (κ1) is 13.0. The molecule has 15 heavy (non-hydrogen) atoms. The Morgan fingerprint density at radius 3 is 1.80 bits per heavy atom. The van der Waals surface area contributed by atoms with Crippen LogP contribution in [0.3, 0.4) is 0 Å². The molecule has 0 aliphatic heterocycles. The Morgan fingerprint density at radius 2 is 1.47 bits per heavy atom. The van der Waals surface area contributed by atoms with Gasteiger partial charge in [-0.25, -0.2) is 0 Å². The largest absolute Gasteiger partial charge is 0.790 e. The summed E-state index contributed by atoms with van der Waals surface area (Å²) in [5, 5.41) is 36.8. The molecule has 1 unspecified atom stereocenters. The maximum absolute atomic E-state index is 10.3. The van der Waals surface area contributed by atoms with Crippen molar-refractivity contribution in [1.82, 2.24) is 0 Å². The van der Waals surface area contributed by atoms with E-state index in [2.05, 4.69) is 4.52 Å². The predicted molar refractivity (Wildman–Crippen MR) is 41.1 cm³/mol. The fourth-order valence-electron chi connectivity index (χ4n) is 1.44. The zero-order chi connectivity index (χ0) is 11.8. The molecule has 0 aromatic heterocycles. The molecule has 4 N–H and O–H groups in total. The summed E-state index contributed by atoms with van der Waals surface area (Å²) in [6, 6.07) is 0. The van der Waals surface area contributed by atoms with E-state index in [4.69, 9.17) is 10.2 Å². The first-order valence-corrected chi connectivity index (χ1v) is 5.61. The van der Waals surface area contributed by atoms with E-state index in [-0.39, 0.29) is 6.42 Å². The second-order valence-corrected chi connectivity index (χ2v) is 4.47. The number of rotatable bonds is 2. The summed E-state index contributed by atoms with van der Waals surface area (Å²) in [5.41, 5.74) is 0. The van der Waals surface area contributed by atoms with Crippen LogP contribution in [0.25, 0.3) is 0 Å². The first-order valence-electron chi connectivity index (χ1n) is 4.15. The van der Waals surface area contributed by atoms with E-state index in [0.717, 1.165) is 0 Å². The average Bonchev–Trinajstić information content (AvgIpc) is 2.08. The van der Waals surface area contributed by atoms with Crippen molar-refractivity contribution in [2.45, 2.75) is 36.9 Å². The van der Waals surface area contributed by atoms with E-state index in [9.17, 15) is 24.6 Å². The lowest BCUT2D eigenvalue weighted by atomic mass is 9.87. The summed E-state index contributed by atoms with van der Waals surface area (Å²) >= 11 is 0. The highest BCUT2D eigenvalue weighted by Gasteiger charge is 2.43. The van der Waals surface area contributed by atoms with Crippen molar-refractivity contribution in [2.24, 2.45) is 0 Å². The van der Waals surface area contributed by atoms with E-state index < -0.39 is 38.3 Å². The van der Waals surface area contributed by atoms with Crippen molar-refractivity contribution in [3.05, 3.63) is 0 Å². The molecular formula is C6H11O8P-2. The predicted octanol–water partition coefficient (Wildman–Crippen LogP) is -3.95. The van der Waals surface area contributed by atoms with Gasteiger partial charge < -0.3 is 39.3 Å². The summed E-state index contributed by atoms with van der Waals surface area (Å²) in [7, 11) is -5.40. The molecule has 8 nitrogen and oxygen atoms in total. The van der Waals surface area contributed by atoms with Crippen molar-refractivity contribution < 1.29 is 39.3 Å². The van der Waals surface area contributed by atoms with Crippen LogP contribution in [0.4, 0.5) is 0 Å². The number of phosphoric ester groups is 1. The third kappa shape index (κ3) is 3.20. The highest BCUT2D eigenvalue weighted by Crippen LogP contribution is 2.34. The van der Waals surface area contributed by atoms with Crippen LogP contribution in [-0.2, 0) is 9.09 Å². The monoisotopic (exact) mass is 242 g/mol. The summed E-state index contributed by atoms with van der Waals surface area (Å²) in [6.45, 7) is 0. The summed E-state index contributed by atoms with van der Waals surface area (Å²) in [4.78, 5) is 20.5. The lowest BCUT2D eigenvalue weighted by molar-refractivity contribution is -0.351. The number of aliphatic hydroxyl groups excluding tert-OH is 4. The van der Waals surface area contributed by atoms with Crippen molar-refractivity contribution in [3.63, 3.8) is 0 Å². The summed E-state index contributed by atoms with van der Waals surface area (Å²) in [6.07, 6.45) is -8.56. The van der Waals surface area contributed by atoms with Crippen molar-refractivity contribution in [2.75, 3.05) is 0 Å². The van der Waals surface area contributed by atoms with Crippen LogP contribution in [0.15, 0.2) is 0 Å². The van der Waals surface area contributed by atoms with Gasteiger partial charge in [0.2, 0.25) is 0 Å². The van der Waals surface area contributed by atoms with Crippen LogP contribution in [0.1, 0.15) is 6.42 Å². The lowest BCUT2D eigenvalue weighted by Crippen LogP contribution is -2.57. The second kappa shape index (κ2) is 4.44. The lowest BCUT2D eigenvalue weighted by Gasteiger charge is -2.43. The van der Waals surface area contributed by atoms with Gasteiger partial charge in [-0.05, 0) is 0 Å². The van der Waals surface area contributed by atoms with Crippen LogP contribution in [-0.4, -0.2) is 50.9 Å². The molecule has 9 heteroatoms. The van der Waals surface area contributed by atoms with Gasteiger partial charge in [0.25, 0.3) is 0 Å². The van der Waals surface area contributed by atoms with Crippen LogP contribution < -0.4 is 9.79 Å². The number of aliphatic hydroxyl groups is 4. The maximum Gasteiger partial charge on any atom is 0.119 e. The number of hydrogen-bond acceptors (Lipinski definition) is 8. The molecule has 0 saturated heterocycles. The SMILES string of the molecule is O=P([O-])([O-])OC1[C@@H](O)[C@H](O)C[C@H](O)[C@@H]1O. The highest BCUT2D eigenvalue weighted by atomic mass is 31.2. The molecule has 0 bridgehead atoms. The van der Waals surface area contributed by atoms with E-state index in [1.54, 1.807) is 0 Å². The van der Waals surface area contributed by atoms with Gasteiger partial charge in [0, 0.05) is 6.42 Å². The van der Waals surface area contributed by atoms with Gasteiger partial charge in [0.15, 0.2) is 0 Å². The smallest absolute Gasteiger partial charge is 0.119 e. The second-order valence-electron chi connectivity index (χ2n) is 3.37. The van der Waals surface area contributed by atoms with E-state index in [0.29, 0.717) is 0 Å². The first-order chi connectivity index (χ1) is 6.72. The molecule has 0 radical (unpaired) electrons. The van der Waals surface area contributed by atoms with E-state index >= 15 is 0 Å². The molecule has 0 aromatic rings. The quantitative estimate of drug-likeness (QED) is 0.358. The number of hydrogen-bond donors (Lipinski definition) is 4. The Kier molecular flexibility index (Phi) is 3.85. The molecule has 1 saturated carbocycles. The van der Waals surface area contributed by atoms with Crippen molar-refractivity contribution in [1.29, 1.82) is 0 Å². The van der Waals surface area contributed by atoms with Crippen LogP contribution >= 0.6 is 7.82 Å². The minimum Gasteiger partial charge on any atom is -0.790 e. The maximum atomic E-state index is 10.3. The Bertz CT molecular complexity index is 250. The third-order valence-electron chi connectivity index (χ3n) is 2.20. The summed E-state index contributed by atoms with van der Waals surface area (Å²) < 4.78 is 14.1. The molecule has 0 amide bonds.